The van der Waals surface area contributed by atoms with E-state index >= 15 is 0 Å². The number of anilines is 1. The third kappa shape index (κ3) is 4.67. The van der Waals surface area contributed by atoms with Crippen LogP contribution >= 0.6 is 0 Å². The fourth-order valence-corrected chi connectivity index (χ4v) is 7.28. The Labute approximate surface area is 242 Å². The van der Waals surface area contributed by atoms with Crippen LogP contribution < -0.4 is 9.64 Å². The quantitative estimate of drug-likeness (QED) is 0.486. The van der Waals surface area contributed by atoms with Gasteiger partial charge in [0.1, 0.15) is 17.4 Å². The summed E-state index contributed by atoms with van der Waals surface area (Å²) in [6, 6.07) is 5.68. The summed E-state index contributed by atoms with van der Waals surface area (Å²) in [5, 5.41) is 10.5. The van der Waals surface area contributed by atoms with Crippen LogP contribution in [0.4, 0.5) is 5.69 Å². The van der Waals surface area contributed by atoms with Gasteiger partial charge in [-0.1, -0.05) is 38.2 Å². The molecule has 0 saturated carbocycles. The van der Waals surface area contributed by atoms with Gasteiger partial charge in [-0.05, 0) is 64.3 Å². The van der Waals surface area contributed by atoms with E-state index in [1.165, 1.54) is 0 Å². The minimum absolute atomic E-state index is 0.102. The Hall–Kier alpha value is -3.17. The van der Waals surface area contributed by atoms with Crippen molar-refractivity contribution in [2.45, 2.75) is 77.3 Å². The lowest BCUT2D eigenvalue weighted by Crippen LogP contribution is -2.59. The van der Waals surface area contributed by atoms with Crippen molar-refractivity contribution in [2.75, 3.05) is 31.2 Å². The summed E-state index contributed by atoms with van der Waals surface area (Å²) in [4.78, 5) is 48.4. The molecular formula is C32H43N3O6. The Bertz CT molecular complexity index is 1240. The van der Waals surface area contributed by atoms with Gasteiger partial charge in [0, 0.05) is 24.8 Å². The summed E-state index contributed by atoms with van der Waals surface area (Å²) >= 11 is 0. The van der Waals surface area contributed by atoms with Crippen LogP contribution in [-0.2, 0) is 19.1 Å². The van der Waals surface area contributed by atoms with Crippen molar-refractivity contribution >= 4 is 23.4 Å². The first-order valence-electron chi connectivity index (χ1n) is 14.8. The Morgan fingerprint density at radius 3 is 2.27 bits per heavy atom. The summed E-state index contributed by atoms with van der Waals surface area (Å²) in [5.41, 5.74) is -1.76. The van der Waals surface area contributed by atoms with Crippen molar-refractivity contribution in [2.24, 2.45) is 17.8 Å². The normalized spacial score (nSPS) is 31.9. The molecular weight excluding hydrogens is 522 g/mol. The van der Waals surface area contributed by atoms with Crippen molar-refractivity contribution < 1.29 is 29.0 Å². The highest BCUT2D eigenvalue weighted by Crippen LogP contribution is 2.58. The third-order valence-corrected chi connectivity index (χ3v) is 8.96. The summed E-state index contributed by atoms with van der Waals surface area (Å²) in [6.45, 7) is 12.7. The second-order valence-corrected chi connectivity index (χ2v) is 12.5. The summed E-state index contributed by atoms with van der Waals surface area (Å²) in [5.74, 6) is -1.67. The number of ether oxygens (including phenoxy) is 2. The molecule has 2 saturated heterocycles. The predicted molar refractivity (Wildman–Crippen MR) is 155 cm³/mol. The van der Waals surface area contributed by atoms with E-state index in [1.54, 1.807) is 14.7 Å². The maximum Gasteiger partial charge on any atom is 0.249 e. The molecule has 1 N–H and O–H groups in total. The van der Waals surface area contributed by atoms with Gasteiger partial charge in [-0.15, -0.1) is 0 Å². The lowest BCUT2D eigenvalue weighted by atomic mass is 9.74. The number of aliphatic hydroxyl groups excluding tert-OH is 1. The number of hydrogen-bond donors (Lipinski definition) is 1. The lowest BCUT2D eigenvalue weighted by Gasteiger charge is -2.41. The van der Waals surface area contributed by atoms with Crippen LogP contribution in [0, 0.1) is 17.8 Å². The van der Waals surface area contributed by atoms with Gasteiger partial charge in [0.15, 0.2) is 0 Å². The van der Waals surface area contributed by atoms with E-state index in [0.29, 0.717) is 37.6 Å². The number of benzene rings is 1. The molecule has 1 aromatic carbocycles. The van der Waals surface area contributed by atoms with Crippen molar-refractivity contribution in [1.82, 2.24) is 9.80 Å². The Morgan fingerprint density at radius 2 is 1.66 bits per heavy atom. The molecule has 1 aromatic rings. The van der Waals surface area contributed by atoms with E-state index in [4.69, 9.17) is 9.47 Å². The SMILES string of the molecule is CCOc1ccc(N2CC=C[C@]3(C)O[C@]45C=CCN(C(C)C)C(=O)C4N([C@@H](CO)CC(C)C)C(=O)[C@@H]5[C@@H]3C2=O)cc1. The summed E-state index contributed by atoms with van der Waals surface area (Å²) in [7, 11) is 0. The van der Waals surface area contributed by atoms with E-state index in [2.05, 4.69) is 0 Å². The predicted octanol–water partition coefficient (Wildman–Crippen LogP) is 3.17. The third-order valence-electron chi connectivity index (χ3n) is 8.96. The van der Waals surface area contributed by atoms with Gasteiger partial charge in [-0.25, -0.2) is 0 Å². The fourth-order valence-electron chi connectivity index (χ4n) is 7.28. The molecule has 4 heterocycles. The maximum atomic E-state index is 14.6. The number of fused-ring (bicyclic) bond motifs is 2. The highest BCUT2D eigenvalue weighted by molar-refractivity contribution is 6.04. The minimum atomic E-state index is -1.34. The first-order valence-corrected chi connectivity index (χ1v) is 14.8. The number of carbonyl (C=O) groups excluding carboxylic acids is 3. The van der Waals surface area contributed by atoms with E-state index in [1.807, 2.05) is 90.1 Å². The van der Waals surface area contributed by atoms with Crippen molar-refractivity contribution in [3.05, 3.63) is 48.6 Å². The number of amides is 3. The number of aliphatic hydroxyl groups is 1. The van der Waals surface area contributed by atoms with Gasteiger partial charge in [0.05, 0.1) is 36.7 Å². The second kappa shape index (κ2) is 10.9. The van der Waals surface area contributed by atoms with E-state index in [-0.39, 0.29) is 36.3 Å². The minimum Gasteiger partial charge on any atom is -0.494 e. The second-order valence-electron chi connectivity index (χ2n) is 12.5. The molecule has 0 radical (unpaired) electrons. The average Bonchev–Trinajstić information content (AvgIpc) is 3.19. The topological polar surface area (TPSA) is 99.6 Å². The van der Waals surface area contributed by atoms with Gasteiger partial charge >= 0.3 is 0 Å². The standard InChI is InChI=1S/C32H43N3O6/c1-7-40-24-12-10-22(11-13-24)34-17-8-14-31(6)25(28(34)37)26-29(38)35(23(19-36)18-20(2)3)27-30(39)33(21(4)5)16-9-15-32(26,27)41-31/h8-15,20-21,23,25-27,36H,7,16-19H2,1-6H3/t23-,25-,26+,27?,31+,32+/m1/s1. The van der Waals surface area contributed by atoms with Crippen LogP contribution in [0.5, 0.6) is 5.75 Å². The van der Waals surface area contributed by atoms with Gasteiger partial charge in [-0.2, -0.15) is 0 Å². The van der Waals surface area contributed by atoms with Gasteiger partial charge in [0.25, 0.3) is 0 Å². The number of likely N-dealkylation sites (tertiary alicyclic amines) is 1. The van der Waals surface area contributed by atoms with Crippen LogP contribution in [0.15, 0.2) is 48.6 Å². The zero-order valence-corrected chi connectivity index (χ0v) is 24.9. The molecule has 0 aliphatic carbocycles. The molecule has 4 aliphatic rings. The number of nitrogens with zero attached hydrogens (tertiary/aromatic N) is 3. The first-order chi connectivity index (χ1) is 19.5. The molecule has 1 unspecified atom stereocenters. The molecule has 2 fully saturated rings. The van der Waals surface area contributed by atoms with E-state index < -0.39 is 35.1 Å². The van der Waals surface area contributed by atoms with E-state index in [9.17, 15) is 19.5 Å². The lowest BCUT2D eigenvalue weighted by molar-refractivity contribution is -0.155. The molecule has 222 valence electrons. The highest BCUT2D eigenvalue weighted by Gasteiger charge is 2.75. The zero-order chi connectivity index (χ0) is 29.7. The molecule has 3 amide bonds. The van der Waals surface area contributed by atoms with Gasteiger partial charge in [0.2, 0.25) is 17.7 Å². The molecule has 6 atom stereocenters. The molecule has 9 nitrogen and oxygen atoms in total. The maximum absolute atomic E-state index is 14.6. The molecule has 5 rings (SSSR count). The number of carbonyl (C=O) groups is 3. The molecule has 0 bridgehead atoms. The fraction of sp³-hybridized carbons (Fsp3) is 0.594. The Morgan fingerprint density at radius 1 is 0.976 bits per heavy atom. The molecule has 1 spiro atoms. The molecule has 4 aliphatic heterocycles. The summed E-state index contributed by atoms with van der Waals surface area (Å²) in [6.07, 6.45) is 8.06. The average molecular weight is 566 g/mol. The monoisotopic (exact) mass is 565 g/mol. The van der Waals surface area contributed by atoms with Crippen LogP contribution in [0.3, 0.4) is 0 Å². The summed E-state index contributed by atoms with van der Waals surface area (Å²) < 4.78 is 12.5. The number of rotatable bonds is 8. The molecule has 41 heavy (non-hydrogen) atoms. The smallest absolute Gasteiger partial charge is 0.249 e. The van der Waals surface area contributed by atoms with Crippen LogP contribution in [0.1, 0.15) is 48.0 Å². The van der Waals surface area contributed by atoms with Crippen LogP contribution in [0.25, 0.3) is 0 Å². The van der Waals surface area contributed by atoms with Gasteiger partial charge < -0.3 is 29.3 Å². The van der Waals surface area contributed by atoms with Crippen molar-refractivity contribution in [3.63, 3.8) is 0 Å². The molecule has 9 heteroatoms. The highest BCUT2D eigenvalue weighted by atomic mass is 16.5. The van der Waals surface area contributed by atoms with Crippen LogP contribution in [0.2, 0.25) is 0 Å². The van der Waals surface area contributed by atoms with Crippen molar-refractivity contribution in [3.8, 4) is 5.75 Å². The zero-order valence-electron chi connectivity index (χ0n) is 24.9. The molecule has 0 aromatic heterocycles. The van der Waals surface area contributed by atoms with Crippen LogP contribution in [-0.4, -0.2) is 88.3 Å². The van der Waals surface area contributed by atoms with Gasteiger partial charge in [-0.3, -0.25) is 14.4 Å². The van der Waals surface area contributed by atoms with E-state index in [0.717, 1.165) is 0 Å². The number of hydrogen-bond acceptors (Lipinski definition) is 6. The Kier molecular flexibility index (Phi) is 7.80. The Balaban J connectivity index is 1.62. The first kappa shape index (κ1) is 29.3. The van der Waals surface area contributed by atoms with Crippen molar-refractivity contribution in [1.29, 1.82) is 0 Å². The largest absolute Gasteiger partial charge is 0.494 e.